The van der Waals surface area contributed by atoms with Gasteiger partial charge >= 0.3 is 0 Å². The van der Waals surface area contributed by atoms with Gasteiger partial charge in [0, 0.05) is 37.4 Å². The smallest absolute Gasteiger partial charge is 0.178 e. The fraction of sp³-hybridized carbons (Fsp3) is 0.316. The third kappa shape index (κ3) is 3.08. The number of aromatic nitrogens is 4. The van der Waals surface area contributed by atoms with Crippen molar-refractivity contribution in [1.29, 1.82) is 5.26 Å². The molecule has 8 nitrogen and oxygen atoms in total. The predicted octanol–water partition coefficient (Wildman–Crippen LogP) is 1.83. The molecule has 1 aromatic carbocycles. The molecule has 0 amide bonds. The summed E-state index contributed by atoms with van der Waals surface area (Å²) in [4.78, 5) is 16.3. The van der Waals surface area contributed by atoms with Crippen LogP contribution >= 0.6 is 0 Å². The van der Waals surface area contributed by atoms with Crippen LogP contribution in [0, 0.1) is 18.3 Å². The van der Waals surface area contributed by atoms with Crippen LogP contribution in [0.15, 0.2) is 30.3 Å². The summed E-state index contributed by atoms with van der Waals surface area (Å²) in [5.41, 5.74) is 2.78. The zero-order valence-electron chi connectivity index (χ0n) is 15.3. The topological polar surface area (TPSA) is 90.4 Å². The summed E-state index contributed by atoms with van der Waals surface area (Å²) in [6.45, 7) is 6.47. The molecule has 0 radical (unpaired) electrons. The predicted molar refractivity (Wildman–Crippen MR) is 101 cm³/mol. The molecule has 8 heteroatoms. The Morgan fingerprint density at radius 3 is 2.52 bits per heavy atom. The normalized spacial score (nSPS) is 14.4. The van der Waals surface area contributed by atoms with E-state index >= 15 is 0 Å². The SMILES string of the molecule is CC(=O)c1ccc(C#N)cc1N1CCN(c2ccc3nnc(C)n3n2)CC1. The van der Waals surface area contributed by atoms with Crippen LogP contribution in [0.25, 0.3) is 5.65 Å². The molecule has 3 aromatic rings. The first-order valence-electron chi connectivity index (χ1n) is 8.81. The van der Waals surface area contributed by atoms with Gasteiger partial charge in [-0.05, 0) is 44.2 Å². The number of piperazine rings is 1. The number of anilines is 2. The minimum Gasteiger partial charge on any atom is -0.367 e. The first-order chi connectivity index (χ1) is 13.1. The van der Waals surface area contributed by atoms with Gasteiger partial charge in [0.25, 0.3) is 0 Å². The molecule has 27 heavy (non-hydrogen) atoms. The van der Waals surface area contributed by atoms with E-state index < -0.39 is 0 Å². The molecule has 0 saturated carbocycles. The Balaban J connectivity index is 1.56. The summed E-state index contributed by atoms with van der Waals surface area (Å²) in [6, 6.07) is 11.3. The van der Waals surface area contributed by atoms with E-state index in [0.29, 0.717) is 11.1 Å². The van der Waals surface area contributed by atoms with Gasteiger partial charge < -0.3 is 9.80 Å². The first kappa shape index (κ1) is 17.0. The zero-order chi connectivity index (χ0) is 19.0. The monoisotopic (exact) mass is 361 g/mol. The molecule has 4 rings (SSSR count). The second-order valence-electron chi connectivity index (χ2n) is 6.58. The molecule has 0 atom stereocenters. The lowest BCUT2D eigenvalue weighted by Gasteiger charge is -2.37. The molecule has 3 heterocycles. The van der Waals surface area contributed by atoms with Crippen LogP contribution in [0.3, 0.4) is 0 Å². The number of hydrogen-bond donors (Lipinski definition) is 0. The molecule has 0 N–H and O–H groups in total. The Morgan fingerprint density at radius 2 is 1.81 bits per heavy atom. The lowest BCUT2D eigenvalue weighted by molar-refractivity contribution is 0.101. The molecule has 1 aliphatic rings. The number of fused-ring (bicyclic) bond motifs is 1. The summed E-state index contributed by atoms with van der Waals surface area (Å²) in [6.07, 6.45) is 0. The van der Waals surface area contributed by atoms with Crippen molar-refractivity contribution in [3.05, 3.63) is 47.3 Å². The fourth-order valence-electron chi connectivity index (χ4n) is 3.39. The Labute approximate surface area is 156 Å². The lowest BCUT2D eigenvalue weighted by Crippen LogP contribution is -2.47. The number of aryl methyl sites for hydroxylation is 1. The highest BCUT2D eigenvalue weighted by Crippen LogP contribution is 2.25. The Hall–Kier alpha value is -3.47. The lowest BCUT2D eigenvalue weighted by atomic mass is 10.0. The summed E-state index contributed by atoms with van der Waals surface area (Å²) in [7, 11) is 0. The van der Waals surface area contributed by atoms with E-state index in [1.165, 1.54) is 0 Å². The molecule has 0 spiro atoms. The first-order valence-corrected chi connectivity index (χ1v) is 8.81. The number of benzene rings is 1. The van der Waals surface area contributed by atoms with Crippen LogP contribution < -0.4 is 9.80 Å². The molecule has 2 aromatic heterocycles. The molecule has 136 valence electrons. The number of rotatable bonds is 3. The maximum Gasteiger partial charge on any atom is 0.178 e. The van der Waals surface area contributed by atoms with Crippen molar-refractivity contribution in [2.75, 3.05) is 36.0 Å². The van der Waals surface area contributed by atoms with Gasteiger partial charge in [-0.1, -0.05) is 0 Å². The van der Waals surface area contributed by atoms with Gasteiger partial charge in [-0.15, -0.1) is 15.3 Å². The van der Waals surface area contributed by atoms with Gasteiger partial charge in [0.05, 0.1) is 11.6 Å². The van der Waals surface area contributed by atoms with Crippen LogP contribution in [-0.2, 0) is 0 Å². The van der Waals surface area contributed by atoms with E-state index in [4.69, 9.17) is 0 Å². The molecule has 0 bridgehead atoms. The highest BCUT2D eigenvalue weighted by Gasteiger charge is 2.22. The number of Topliss-reactive ketones (excluding diaryl/α,β-unsaturated/α-hetero) is 1. The maximum absolute atomic E-state index is 12.0. The van der Waals surface area contributed by atoms with Gasteiger partial charge in [-0.2, -0.15) is 9.78 Å². The summed E-state index contributed by atoms with van der Waals surface area (Å²) < 4.78 is 1.74. The fourth-order valence-corrected chi connectivity index (χ4v) is 3.39. The van der Waals surface area contributed by atoms with Crippen LogP contribution in [-0.4, -0.2) is 51.8 Å². The number of ketones is 1. The summed E-state index contributed by atoms with van der Waals surface area (Å²) in [5.74, 6) is 1.64. The van der Waals surface area contributed by atoms with Crippen LogP contribution in [0.5, 0.6) is 0 Å². The van der Waals surface area contributed by atoms with Gasteiger partial charge in [0.1, 0.15) is 5.82 Å². The van der Waals surface area contributed by atoms with Gasteiger partial charge in [0.15, 0.2) is 17.3 Å². The van der Waals surface area contributed by atoms with Crippen molar-refractivity contribution in [1.82, 2.24) is 19.8 Å². The van der Waals surface area contributed by atoms with Crippen LogP contribution in [0.1, 0.15) is 28.7 Å². The zero-order valence-corrected chi connectivity index (χ0v) is 15.3. The van der Waals surface area contributed by atoms with E-state index in [0.717, 1.165) is 49.2 Å². The molecule has 0 aliphatic carbocycles. The second-order valence-corrected chi connectivity index (χ2v) is 6.58. The van der Waals surface area contributed by atoms with E-state index in [-0.39, 0.29) is 5.78 Å². The molecular weight excluding hydrogens is 342 g/mol. The van der Waals surface area contributed by atoms with Crippen molar-refractivity contribution in [3.8, 4) is 6.07 Å². The van der Waals surface area contributed by atoms with Crippen molar-refractivity contribution >= 4 is 22.9 Å². The molecule has 1 saturated heterocycles. The van der Waals surface area contributed by atoms with E-state index in [1.807, 2.05) is 19.1 Å². The van der Waals surface area contributed by atoms with E-state index in [2.05, 4.69) is 31.2 Å². The summed E-state index contributed by atoms with van der Waals surface area (Å²) >= 11 is 0. The third-order valence-corrected chi connectivity index (χ3v) is 4.86. The average molecular weight is 361 g/mol. The highest BCUT2D eigenvalue weighted by molar-refractivity contribution is 6.00. The number of nitriles is 1. The van der Waals surface area contributed by atoms with Crippen molar-refractivity contribution in [3.63, 3.8) is 0 Å². The van der Waals surface area contributed by atoms with Gasteiger partial charge in [-0.25, -0.2) is 0 Å². The maximum atomic E-state index is 12.0. The van der Waals surface area contributed by atoms with Gasteiger partial charge in [-0.3, -0.25) is 4.79 Å². The molecular formula is C19H19N7O. The molecule has 1 aliphatic heterocycles. The van der Waals surface area contributed by atoms with Crippen molar-refractivity contribution in [2.24, 2.45) is 0 Å². The van der Waals surface area contributed by atoms with E-state index in [9.17, 15) is 10.1 Å². The van der Waals surface area contributed by atoms with Crippen LogP contribution in [0.4, 0.5) is 11.5 Å². The quantitative estimate of drug-likeness (QED) is 0.657. The van der Waals surface area contributed by atoms with E-state index in [1.54, 1.807) is 29.6 Å². The van der Waals surface area contributed by atoms with Gasteiger partial charge in [0.2, 0.25) is 0 Å². The Bertz CT molecular complexity index is 1060. The standard InChI is InChI=1S/C19H19N7O/c1-13(27)16-4-3-15(12-20)11-17(16)24-7-9-25(10-8-24)19-6-5-18-22-21-14(2)26(18)23-19/h3-6,11H,7-10H2,1-2H3. The van der Waals surface area contributed by atoms with Crippen molar-refractivity contribution < 1.29 is 4.79 Å². The van der Waals surface area contributed by atoms with Crippen molar-refractivity contribution in [2.45, 2.75) is 13.8 Å². The highest BCUT2D eigenvalue weighted by atomic mass is 16.1. The Morgan fingerprint density at radius 1 is 1.07 bits per heavy atom. The number of hydrogen-bond acceptors (Lipinski definition) is 7. The van der Waals surface area contributed by atoms with Crippen LogP contribution in [0.2, 0.25) is 0 Å². The largest absolute Gasteiger partial charge is 0.367 e. The minimum absolute atomic E-state index is 0.00659. The average Bonchev–Trinajstić information content (AvgIpc) is 3.08. The number of carbonyl (C=O) groups is 1. The molecule has 0 unspecified atom stereocenters. The number of carbonyl (C=O) groups excluding carboxylic acids is 1. The summed E-state index contributed by atoms with van der Waals surface area (Å²) in [5, 5.41) is 21.9. The minimum atomic E-state index is 0.00659. The molecule has 1 fully saturated rings. The Kier molecular flexibility index (Phi) is 4.20. The number of nitrogens with zero attached hydrogens (tertiary/aromatic N) is 7. The third-order valence-electron chi connectivity index (χ3n) is 4.86. The second kappa shape index (κ2) is 6.68.